The van der Waals surface area contributed by atoms with E-state index in [1.807, 2.05) is 0 Å². The van der Waals surface area contributed by atoms with E-state index in [0.717, 1.165) is 0 Å². The van der Waals surface area contributed by atoms with Crippen molar-refractivity contribution in [3.63, 3.8) is 0 Å². The summed E-state index contributed by atoms with van der Waals surface area (Å²) in [5, 5.41) is 13.6. The first kappa shape index (κ1) is 15.2. The summed E-state index contributed by atoms with van der Waals surface area (Å²) in [5.74, 6) is 0.380. The van der Waals surface area contributed by atoms with Gasteiger partial charge in [0.25, 0.3) is 5.91 Å². The highest BCUT2D eigenvalue weighted by molar-refractivity contribution is 7.99. The molecule has 2 N–H and O–H groups in total. The molecule has 1 aromatic carbocycles. The lowest BCUT2D eigenvalue weighted by Crippen LogP contribution is -2.25. The van der Waals surface area contributed by atoms with E-state index in [-0.39, 0.29) is 17.4 Å². The lowest BCUT2D eigenvalue weighted by atomic mass is 10.1. The van der Waals surface area contributed by atoms with Gasteiger partial charge in [-0.15, -0.1) is 0 Å². The minimum Gasteiger partial charge on any atom is -0.355 e. The zero-order valence-corrected chi connectivity index (χ0v) is 12.6. The normalized spacial score (nSPS) is 10.7. The van der Waals surface area contributed by atoms with Crippen molar-refractivity contribution < 1.29 is 13.7 Å². The van der Waals surface area contributed by atoms with Crippen LogP contribution in [0.1, 0.15) is 10.5 Å². The van der Waals surface area contributed by atoms with Crippen LogP contribution in [0.5, 0.6) is 0 Å². The molecule has 3 aromatic rings. The second-order valence-electron chi connectivity index (χ2n) is 4.48. The topological polar surface area (TPSA) is 96.7 Å². The summed E-state index contributed by atoms with van der Waals surface area (Å²) in [7, 11) is 0. The molecule has 0 aliphatic heterocycles. The van der Waals surface area contributed by atoms with Crippen LogP contribution in [0.3, 0.4) is 0 Å². The van der Waals surface area contributed by atoms with Crippen molar-refractivity contribution in [2.75, 3.05) is 12.3 Å². The number of amides is 1. The van der Waals surface area contributed by atoms with E-state index < -0.39 is 0 Å². The molecule has 7 nitrogen and oxygen atoms in total. The first-order chi connectivity index (χ1) is 11.2. The molecule has 3 rings (SSSR count). The largest absolute Gasteiger partial charge is 0.355 e. The van der Waals surface area contributed by atoms with Crippen molar-refractivity contribution in [1.29, 1.82) is 0 Å². The summed E-state index contributed by atoms with van der Waals surface area (Å²) < 4.78 is 18.0. The minimum absolute atomic E-state index is 0.175. The molecular weight excluding hydrogens is 321 g/mol. The van der Waals surface area contributed by atoms with Crippen molar-refractivity contribution in [2.24, 2.45) is 0 Å². The number of hydrogen-bond donors (Lipinski definition) is 2. The highest BCUT2D eigenvalue weighted by Gasteiger charge is 2.13. The predicted molar refractivity (Wildman–Crippen MR) is 81.3 cm³/mol. The molecule has 2 heterocycles. The van der Waals surface area contributed by atoms with Gasteiger partial charge in [-0.05, 0) is 24.3 Å². The smallest absolute Gasteiger partial charge is 0.273 e. The van der Waals surface area contributed by atoms with Gasteiger partial charge in [0.1, 0.15) is 12.1 Å². The van der Waals surface area contributed by atoms with Gasteiger partial charge in [0.15, 0.2) is 16.6 Å². The Balaban J connectivity index is 1.52. The summed E-state index contributed by atoms with van der Waals surface area (Å²) in [4.78, 5) is 15.9. The summed E-state index contributed by atoms with van der Waals surface area (Å²) in [6, 6.07) is 7.28. The van der Waals surface area contributed by atoms with Crippen LogP contribution >= 0.6 is 11.8 Å². The molecule has 118 valence electrons. The van der Waals surface area contributed by atoms with Crippen LogP contribution < -0.4 is 5.32 Å². The molecule has 0 aliphatic carbocycles. The number of aromatic amines is 1. The Bertz CT molecular complexity index is 773. The fraction of sp³-hybridized carbons (Fsp3) is 0.143. The zero-order chi connectivity index (χ0) is 16.1. The van der Waals surface area contributed by atoms with Crippen molar-refractivity contribution in [2.45, 2.75) is 5.16 Å². The number of H-pyrrole nitrogens is 1. The number of carbonyl (C=O) groups excluding carboxylic acids is 1. The molecule has 0 saturated carbocycles. The summed E-state index contributed by atoms with van der Waals surface area (Å²) in [5.41, 5.74) is 0.827. The number of nitrogens with one attached hydrogen (secondary N) is 2. The number of aromatic nitrogens is 4. The Morgan fingerprint density at radius 2 is 2.17 bits per heavy atom. The van der Waals surface area contributed by atoms with Crippen LogP contribution in [-0.2, 0) is 0 Å². The third-order valence-corrected chi connectivity index (χ3v) is 3.77. The Morgan fingerprint density at radius 1 is 1.35 bits per heavy atom. The summed E-state index contributed by atoms with van der Waals surface area (Å²) >= 11 is 1.44. The second kappa shape index (κ2) is 7.05. The molecule has 0 saturated heterocycles. The molecule has 0 atom stereocenters. The number of benzene rings is 1. The highest BCUT2D eigenvalue weighted by atomic mass is 32.2. The Labute approximate surface area is 134 Å². The van der Waals surface area contributed by atoms with Gasteiger partial charge >= 0.3 is 0 Å². The Morgan fingerprint density at radius 3 is 2.91 bits per heavy atom. The SMILES string of the molecule is O=C(NCCSc1ncn[nH]1)c1cc(-c2ccc(F)cc2)on1. The standard InChI is InChI=1S/C14H12FN5O2S/c15-10-3-1-9(2-4-10)12-7-11(20-22-12)13(21)16-5-6-23-14-17-8-18-19-14/h1-4,7-8H,5-6H2,(H,16,21)(H,17,18,19). The maximum absolute atomic E-state index is 12.9. The molecule has 0 unspecified atom stereocenters. The van der Waals surface area contributed by atoms with E-state index in [1.165, 1.54) is 36.3 Å². The van der Waals surface area contributed by atoms with E-state index in [1.54, 1.807) is 12.1 Å². The molecule has 0 aliphatic rings. The van der Waals surface area contributed by atoms with Gasteiger partial charge in [0.05, 0.1) is 0 Å². The average molecular weight is 333 g/mol. The third-order valence-electron chi connectivity index (χ3n) is 2.89. The van der Waals surface area contributed by atoms with Gasteiger partial charge in [-0.2, -0.15) is 5.10 Å². The predicted octanol–water partition coefficient (Wildman–Crippen LogP) is 2.12. The van der Waals surface area contributed by atoms with Gasteiger partial charge in [0.2, 0.25) is 0 Å². The van der Waals surface area contributed by atoms with Crippen LogP contribution in [0.15, 0.2) is 46.3 Å². The molecule has 0 spiro atoms. The van der Waals surface area contributed by atoms with E-state index in [2.05, 4.69) is 25.7 Å². The average Bonchev–Trinajstić information content (AvgIpc) is 3.24. The Hall–Kier alpha value is -2.68. The van der Waals surface area contributed by atoms with E-state index in [0.29, 0.717) is 28.8 Å². The van der Waals surface area contributed by atoms with Crippen LogP contribution in [-0.4, -0.2) is 38.5 Å². The van der Waals surface area contributed by atoms with Crippen molar-refractivity contribution in [1.82, 2.24) is 25.7 Å². The lowest BCUT2D eigenvalue weighted by Gasteiger charge is -2.00. The van der Waals surface area contributed by atoms with Gasteiger partial charge in [-0.1, -0.05) is 16.9 Å². The van der Waals surface area contributed by atoms with Crippen LogP contribution in [0.4, 0.5) is 4.39 Å². The first-order valence-corrected chi connectivity index (χ1v) is 7.70. The van der Waals surface area contributed by atoms with E-state index in [9.17, 15) is 9.18 Å². The van der Waals surface area contributed by atoms with Crippen molar-refractivity contribution in [3.05, 3.63) is 48.2 Å². The number of nitrogens with zero attached hydrogens (tertiary/aromatic N) is 3. The number of hydrogen-bond acceptors (Lipinski definition) is 6. The maximum Gasteiger partial charge on any atom is 0.273 e. The van der Waals surface area contributed by atoms with Crippen molar-refractivity contribution in [3.8, 4) is 11.3 Å². The van der Waals surface area contributed by atoms with Crippen LogP contribution in [0.25, 0.3) is 11.3 Å². The minimum atomic E-state index is -0.338. The molecular formula is C14H12FN5O2S. The van der Waals surface area contributed by atoms with Crippen molar-refractivity contribution >= 4 is 17.7 Å². The first-order valence-electron chi connectivity index (χ1n) is 6.71. The number of halogens is 1. The Kier molecular flexibility index (Phi) is 4.67. The summed E-state index contributed by atoms with van der Waals surface area (Å²) in [6.07, 6.45) is 1.42. The number of thioether (sulfide) groups is 1. The van der Waals surface area contributed by atoms with Gasteiger partial charge < -0.3 is 9.84 Å². The lowest BCUT2D eigenvalue weighted by molar-refractivity contribution is 0.0947. The fourth-order valence-electron chi connectivity index (χ4n) is 1.80. The second-order valence-corrected chi connectivity index (χ2v) is 5.56. The molecule has 23 heavy (non-hydrogen) atoms. The molecule has 0 bridgehead atoms. The van der Waals surface area contributed by atoms with Crippen LogP contribution in [0, 0.1) is 5.82 Å². The molecule has 9 heteroatoms. The van der Waals surface area contributed by atoms with Gasteiger partial charge in [-0.3, -0.25) is 9.89 Å². The van der Waals surface area contributed by atoms with E-state index >= 15 is 0 Å². The zero-order valence-electron chi connectivity index (χ0n) is 11.8. The molecule has 0 fully saturated rings. The molecule has 1 amide bonds. The maximum atomic E-state index is 12.9. The quantitative estimate of drug-likeness (QED) is 0.530. The highest BCUT2D eigenvalue weighted by Crippen LogP contribution is 2.20. The van der Waals surface area contributed by atoms with Crippen LogP contribution in [0.2, 0.25) is 0 Å². The molecule has 0 radical (unpaired) electrons. The third kappa shape index (κ3) is 3.95. The van der Waals surface area contributed by atoms with Gasteiger partial charge in [-0.25, -0.2) is 9.37 Å². The van der Waals surface area contributed by atoms with Gasteiger partial charge in [0, 0.05) is 23.9 Å². The summed E-state index contributed by atoms with van der Waals surface area (Å²) in [6.45, 7) is 0.447. The number of rotatable bonds is 6. The molecule has 2 aromatic heterocycles. The van der Waals surface area contributed by atoms with E-state index in [4.69, 9.17) is 4.52 Å². The monoisotopic (exact) mass is 333 g/mol. The fourth-order valence-corrected chi connectivity index (χ4v) is 2.44. The number of carbonyl (C=O) groups is 1.